The summed E-state index contributed by atoms with van der Waals surface area (Å²) in [5.41, 5.74) is 5.98. The van der Waals surface area contributed by atoms with E-state index in [1.54, 1.807) is 0 Å². The number of nitrogens with zero attached hydrogens (tertiary/aromatic N) is 1. The molecule has 0 radical (unpaired) electrons. The van der Waals surface area contributed by atoms with E-state index in [1.165, 1.54) is 0 Å². The average molecular weight is 155 g/mol. The third kappa shape index (κ3) is 2.50. The minimum Gasteiger partial charge on any atom is -0.377 e. The maximum atomic E-state index is 5.99. The van der Waals surface area contributed by atoms with Crippen molar-refractivity contribution in [3.05, 3.63) is 0 Å². The molecule has 3 nitrogen and oxygen atoms in total. The van der Waals surface area contributed by atoms with E-state index in [0.717, 1.165) is 31.6 Å². The molecule has 1 aliphatic rings. The second-order valence-corrected chi connectivity index (χ2v) is 3.48. The predicted molar refractivity (Wildman–Crippen MR) is 47.8 cm³/mol. The monoisotopic (exact) mass is 155 g/mol. The van der Waals surface area contributed by atoms with Gasteiger partial charge in [-0.1, -0.05) is 0 Å². The first-order valence-electron chi connectivity index (χ1n) is 4.14. The normalized spacial score (nSPS) is 32.5. The molecule has 3 N–H and O–H groups in total. The van der Waals surface area contributed by atoms with Gasteiger partial charge in [-0.05, 0) is 19.8 Å². The first-order chi connectivity index (χ1) is 5.14. The van der Waals surface area contributed by atoms with Crippen LogP contribution in [0.2, 0.25) is 0 Å². The fourth-order valence-corrected chi connectivity index (χ4v) is 1.26. The Bertz CT molecular complexity index is 161. The number of nitrogens with two attached hydrogens (primary N) is 1. The molecule has 3 heteroatoms. The van der Waals surface area contributed by atoms with Crippen LogP contribution in [0.5, 0.6) is 0 Å². The van der Waals surface area contributed by atoms with Crippen molar-refractivity contribution in [1.82, 2.24) is 5.32 Å². The highest BCUT2D eigenvalue weighted by Crippen LogP contribution is 2.16. The summed E-state index contributed by atoms with van der Waals surface area (Å²) in [6, 6.07) is 0. The van der Waals surface area contributed by atoms with E-state index in [2.05, 4.69) is 17.2 Å². The van der Waals surface area contributed by atoms with Gasteiger partial charge in [0.15, 0.2) is 0 Å². The Labute approximate surface area is 68.1 Å². The molecule has 1 rings (SSSR count). The van der Waals surface area contributed by atoms with E-state index < -0.39 is 0 Å². The standard InChI is InChI=1S/C8H17N3/c1-8(9)4-3-7(10-2)11-6-5-8/h3-6,9H2,1-2H3,(H,10,11). The van der Waals surface area contributed by atoms with Gasteiger partial charge in [0.05, 0.1) is 5.84 Å². The van der Waals surface area contributed by atoms with Gasteiger partial charge < -0.3 is 11.1 Å². The van der Waals surface area contributed by atoms with Crippen molar-refractivity contribution < 1.29 is 0 Å². The first-order valence-corrected chi connectivity index (χ1v) is 4.14. The van der Waals surface area contributed by atoms with Gasteiger partial charge in [0, 0.05) is 25.6 Å². The Balaban J connectivity index is 2.50. The molecule has 0 aromatic heterocycles. The molecule has 11 heavy (non-hydrogen) atoms. The maximum Gasteiger partial charge on any atom is 0.0961 e. The van der Waals surface area contributed by atoms with Crippen molar-refractivity contribution in [3.63, 3.8) is 0 Å². The van der Waals surface area contributed by atoms with Crippen LogP contribution in [-0.2, 0) is 0 Å². The zero-order valence-electron chi connectivity index (χ0n) is 7.35. The highest BCUT2D eigenvalue weighted by molar-refractivity contribution is 5.82. The lowest BCUT2D eigenvalue weighted by Gasteiger charge is -2.20. The van der Waals surface area contributed by atoms with Gasteiger partial charge in [0.2, 0.25) is 0 Å². The first kappa shape index (κ1) is 8.53. The Morgan fingerprint density at radius 3 is 2.91 bits per heavy atom. The van der Waals surface area contributed by atoms with Gasteiger partial charge in [0.25, 0.3) is 0 Å². The molecule has 0 aliphatic carbocycles. The summed E-state index contributed by atoms with van der Waals surface area (Å²) in [7, 11) is 1.91. The summed E-state index contributed by atoms with van der Waals surface area (Å²) < 4.78 is 0. The fourth-order valence-electron chi connectivity index (χ4n) is 1.26. The summed E-state index contributed by atoms with van der Waals surface area (Å²) in [6.07, 6.45) is 3.02. The van der Waals surface area contributed by atoms with Gasteiger partial charge in [-0.25, -0.2) is 0 Å². The third-order valence-electron chi connectivity index (χ3n) is 2.21. The van der Waals surface area contributed by atoms with Crippen LogP contribution >= 0.6 is 0 Å². The molecular weight excluding hydrogens is 138 g/mol. The lowest BCUT2D eigenvalue weighted by molar-refractivity contribution is 0.423. The lowest BCUT2D eigenvalue weighted by atomic mass is 9.94. The van der Waals surface area contributed by atoms with E-state index in [9.17, 15) is 0 Å². The van der Waals surface area contributed by atoms with E-state index in [4.69, 9.17) is 5.73 Å². The highest BCUT2D eigenvalue weighted by Gasteiger charge is 2.20. The van der Waals surface area contributed by atoms with E-state index in [1.807, 2.05) is 7.05 Å². The van der Waals surface area contributed by atoms with Gasteiger partial charge in [0.1, 0.15) is 0 Å². The quantitative estimate of drug-likeness (QED) is 0.535. The molecule has 64 valence electrons. The fraction of sp³-hybridized carbons (Fsp3) is 0.875. The van der Waals surface area contributed by atoms with Gasteiger partial charge >= 0.3 is 0 Å². The molecule has 1 heterocycles. The largest absolute Gasteiger partial charge is 0.377 e. The summed E-state index contributed by atoms with van der Waals surface area (Å²) >= 11 is 0. The molecule has 0 spiro atoms. The molecule has 0 aromatic rings. The highest BCUT2D eigenvalue weighted by atomic mass is 15.0. The molecule has 1 aliphatic heterocycles. The second-order valence-electron chi connectivity index (χ2n) is 3.48. The number of aliphatic imine (C=N–C) groups is 1. The number of nitrogens with one attached hydrogen (secondary N) is 1. The molecule has 1 unspecified atom stereocenters. The van der Waals surface area contributed by atoms with E-state index in [-0.39, 0.29) is 5.54 Å². The zero-order valence-corrected chi connectivity index (χ0v) is 7.35. The third-order valence-corrected chi connectivity index (χ3v) is 2.21. The van der Waals surface area contributed by atoms with Crippen molar-refractivity contribution in [2.24, 2.45) is 10.7 Å². The second kappa shape index (κ2) is 3.22. The number of rotatable bonds is 0. The van der Waals surface area contributed by atoms with Gasteiger partial charge in [-0.3, -0.25) is 4.99 Å². The van der Waals surface area contributed by atoms with Crippen LogP contribution in [0.3, 0.4) is 0 Å². The van der Waals surface area contributed by atoms with Gasteiger partial charge in [-0.15, -0.1) is 0 Å². The molecule has 0 bridgehead atoms. The summed E-state index contributed by atoms with van der Waals surface area (Å²) in [4.78, 5) is 4.36. The summed E-state index contributed by atoms with van der Waals surface area (Å²) in [5.74, 6) is 1.10. The molecule has 1 atom stereocenters. The van der Waals surface area contributed by atoms with Crippen LogP contribution in [0.15, 0.2) is 4.99 Å². The molecule has 0 fully saturated rings. The lowest BCUT2D eigenvalue weighted by Crippen LogP contribution is -2.36. The zero-order chi connectivity index (χ0) is 8.32. The van der Waals surface area contributed by atoms with Crippen LogP contribution in [0.25, 0.3) is 0 Å². The molecule has 0 amide bonds. The Morgan fingerprint density at radius 1 is 1.55 bits per heavy atom. The topological polar surface area (TPSA) is 50.4 Å². The van der Waals surface area contributed by atoms with Crippen molar-refractivity contribution in [1.29, 1.82) is 0 Å². The van der Waals surface area contributed by atoms with Crippen molar-refractivity contribution in [2.75, 3.05) is 13.6 Å². The Hall–Kier alpha value is -0.570. The smallest absolute Gasteiger partial charge is 0.0961 e. The van der Waals surface area contributed by atoms with E-state index in [0.29, 0.717) is 0 Å². The van der Waals surface area contributed by atoms with Crippen LogP contribution in [-0.4, -0.2) is 25.0 Å². The average Bonchev–Trinajstić information content (AvgIpc) is 2.10. The minimum absolute atomic E-state index is 0.0118. The van der Waals surface area contributed by atoms with Crippen LogP contribution in [0, 0.1) is 0 Å². The maximum absolute atomic E-state index is 5.99. The summed E-state index contributed by atoms with van der Waals surface area (Å²) in [5, 5.41) is 3.08. The number of hydrogen-bond acceptors (Lipinski definition) is 3. The van der Waals surface area contributed by atoms with Crippen molar-refractivity contribution in [3.8, 4) is 0 Å². The van der Waals surface area contributed by atoms with Crippen LogP contribution in [0.1, 0.15) is 26.2 Å². The van der Waals surface area contributed by atoms with Gasteiger partial charge in [-0.2, -0.15) is 0 Å². The Morgan fingerprint density at radius 2 is 2.27 bits per heavy atom. The van der Waals surface area contributed by atoms with E-state index >= 15 is 0 Å². The molecular formula is C8H17N3. The van der Waals surface area contributed by atoms with Crippen molar-refractivity contribution >= 4 is 5.84 Å². The Kier molecular flexibility index (Phi) is 2.49. The minimum atomic E-state index is -0.0118. The number of amidine groups is 1. The molecule has 0 aromatic carbocycles. The van der Waals surface area contributed by atoms with Crippen LogP contribution < -0.4 is 11.1 Å². The van der Waals surface area contributed by atoms with Crippen molar-refractivity contribution in [2.45, 2.75) is 31.7 Å². The number of hydrogen-bond donors (Lipinski definition) is 2. The predicted octanol–water partition coefficient (Wildman–Crippen LogP) is 0.506. The molecule has 0 saturated carbocycles. The molecule has 0 saturated heterocycles. The van der Waals surface area contributed by atoms with Crippen LogP contribution in [0.4, 0.5) is 0 Å². The SMILES string of the molecule is CNC1=NCCC(C)(N)CC1. The summed E-state index contributed by atoms with van der Waals surface area (Å²) in [6.45, 7) is 2.96.